The van der Waals surface area contributed by atoms with Gasteiger partial charge in [-0.3, -0.25) is 0 Å². The van der Waals surface area contributed by atoms with Gasteiger partial charge in [-0.05, 0) is 48.0 Å². The first kappa shape index (κ1) is 14.6. The number of H-pyrrole nitrogens is 1. The Labute approximate surface area is 189 Å². The SMILES string of the molecule is [2H]C([2H])([2H])Oc1ccc(F)c(NC(=O)Nc2cccc3c2ccn3C([2H])([2H])c2c[nH]c3ncccc23)c1. The second-order valence-corrected chi connectivity index (χ2v) is 6.96. The first-order chi connectivity index (χ1) is 17.5. The average Bonchev–Trinajstić information content (AvgIpc) is 3.46. The molecular weight excluding hydrogens is 409 g/mol. The third-order valence-electron chi connectivity index (χ3n) is 4.98. The molecule has 0 saturated carbocycles. The van der Waals surface area contributed by atoms with E-state index in [4.69, 9.17) is 11.6 Å². The molecule has 5 aromatic rings. The predicted molar refractivity (Wildman–Crippen MR) is 123 cm³/mol. The molecule has 0 radical (unpaired) electrons. The minimum absolute atomic E-state index is 0.134. The molecule has 2 aromatic carbocycles. The molecule has 0 aliphatic rings. The number of nitrogens with one attached hydrogen (secondary N) is 3. The molecule has 0 bridgehead atoms. The number of aromatic nitrogens is 3. The molecule has 0 aliphatic carbocycles. The van der Waals surface area contributed by atoms with Crippen LogP contribution < -0.4 is 15.4 Å². The van der Waals surface area contributed by atoms with Crippen molar-refractivity contribution in [1.29, 1.82) is 0 Å². The molecule has 2 amide bonds. The molecule has 8 heteroatoms. The molecule has 0 atom stereocenters. The van der Waals surface area contributed by atoms with E-state index in [-0.39, 0.29) is 11.4 Å². The van der Waals surface area contributed by atoms with E-state index in [0.717, 1.165) is 18.2 Å². The van der Waals surface area contributed by atoms with E-state index in [1.165, 1.54) is 4.57 Å². The van der Waals surface area contributed by atoms with Crippen LogP contribution in [0.15, 0.2) is 73.2 Å². The van der Waals surface area contributed by atoms with Gasteiger partial charge < -0.3 is 24.9 Å². The smallest absolute Gasteiger partial charge is 0.323 e. The van der Waals surface area contributed by atoms with Crippen LogP contribution >= 0.6 is 0 Å². The average molecular weight is 434 g/mol. The summed E-state index contributed by atoms with van der Waals surface area (Å²) in [6.45, 7) is -1.95. The number of benzene rings is 2. The Morgan fingerprint density at radius 2 is 2.09 bits per heavy atom. The predicted octanol–water partition coefficient (Wildman–Crippen LogP) is 5.36. The number of urea groups is 1. The number of ether oxygens (including phenoxy) is 1. The highest BCUT2D eigenvalue weighted by atomic mass is 19.1. The minimum atomic E-state index is -2.73. The van der Waals surface area contributed by atoms with Crippen LogP contribution in [0.2, 0.25) is 0 Å². The Bertz CT molecular complexity index is 1630. The number of rotatable bonds is 5. The number of halogens is 1. The molecule has 5 rings (SSSR count). The van der Waals surface area contributed by atoms with Gasteiger partial charge in [-0.25, -0.2) is 14.2 Å². The van der Waals surface area contributed by atoms with Crippen molar-refractivity contribution < 1.29 is 20.8 Å². The van der Waals surface area contributed by atoms with E-state index < -0.39 is 25.4 Å². The second-order valence-electron chi connectivity index (χ2n) is 6.96. The van der Waals surface area contributed by atoms with E-state index in [1.807, 2.05) is 0 Å². The van der Waals surface area contributed by atoms with Gasteiger partial charge in [0.25, 0.3) is 0 Å². The van der Waals surface area contributed by atoms with Gasteiger partial charge in [-0.2, -0.15) is 0 Å². The lowest BCUT2D eigenvalue weighted by molar-refractivity contribution is 0.262. The Kier molecular flexibility index (Phi) is 3.69. The van der Waals surface area contributed by atoms with Crippen molar-refractivity contribution in [3.63, 3.8) is 0 Å². The van der Waals surface area contributed by atoms with Crippen molar-refractivity contribution in [2.24, 2.45) is 0 Å². The van der Waals surface area contributed by atoms with E-state index in [0.29, 0.717) is 33.2 Å². The highest BCUT2D eigenvalue weighted by Crippen LogP contribution is 2.27. The summed E-state index contributed by atoms with van der Waals surface area (Å²) in [6, 6.07) is 12.6. The summed E-state index contributed by atoms with van der Waals surface area (Å²) in [7, 11) is -2.73. The summed E-state index contributed by atoms with van der Waals surface area (Å²) in [6.07, 6.45) is 4.78. The number of anilines is 2. The molecule has 0 aliphatic heterocycles. The van der Waals surface area contributed by atoms with E-state index in [1.54, 1.807) is 55.0 Å². The molecule has 3 aromatic heterocycles. The standard InChI is InChI=1S/C24H20FN5O2/c1-32-16-7-8-19(25)21(12-16)29-24(31)28-20-5-2-6-22-18(20)9-11-30(22)14-15-13-27-23-17(15)4-3-10-26-23/h2-13H,14H2,1H3,(H,26,27)(H2,28,29,31)/i1D3,14D2. The maximum absolute atomic E-state index is 14.2. The third kappa shape index (κ3) is 3.62. The molecule has 32 heavy (non-hydrogen) atoms. The van der Waals surface area contributed by atoms with Gasteiger partial charge in [0, 0.05) is 41.9 Å². The molecule has 3 heterocycles. The first-order valence-corrected chi connectivity index (χ1v) is 9.63. The lowest BCUT2D eigenvalue weighted by Crippen LogP contribution is -2.20. The fraction of sp³-hybridized carbons (Fsp3) is 0.0833. The van der Waals surface area contributed by atoms with Crippen LogP contribution in [0.5, 0.6) is 5.75 Å². The number of nitrogens with zero attached hydrogens (tertiary/aromatic N) is 2. The summed E-state index contributed by atoms with van der Waals surface area (Å²) >= 11 is 0. The van der Waals surface area contributed by atoms with Crippen molar-refractivity contribution in [2.45, 2.75) is 6.50 Å². The van der Waals surface area contributed by atoms with Crippen LogP contribution in [0.1, 0.15) is 12.4 Å². The van der Waals surface area contributed by atoms with Crippen molar-refractivity contribution in [3.05, 3.63) is 84.6 Å². The number of methoxy groups -OCH3 is 1. The van der Waals surface area contributed by atoms with Gasteiger partial charge in [0.2, 0.25) is 0 Å². The Morgan fingerprint density at radius 3 is 3.00 bits per heavy atom. The van der Waals surface area contributed by atoms with Crippen molar-refractivity contribution in [3.8, 4) is 5.75 Å². The van der Waals surface area contributed by atoms with Crippen LogP contribution in [0.4, 0.5) is 20.6 Å². The van der Waals surface area contributed by atoms with Gasteiger partial charge in [0.1, 0.15) is 17.2 Å². The molecule has 0 fully saturated rings. The number of aromatic amines is 1. The Balaban J connectivity index is 1.42. The van der Waals surface area contributed by atoms with Crippen molar-refractivity contribution in [1.82, 2.24) is 14.5 Å². The largest absolute Gasteiger partial charge is 0.497 e. The first-order valence-electron chi connectivity index (χ1n) is 12.1. The van der Waals surface area contributed by atoms with E-state index in [9.17, 15) is 9.18 Å². The molecule has 3 N–H and O–H groups in total. The Hall–Kier alpha value is -4.33. The Morgan fingerprint density at radius 1 is 1.19 bits per heavy atom. The maximum atomic E-state index is 14.2. The minimum Gasteiger partial charge on any atom is -0.497 e. The zero-order valence-corrected chi connectivity index (χ0v) is 16.5. The molecule has 0 unspecified atom stereocenters. The molecule has 160 valence electrons. The molecule has 7 nitrogen and oxygen atoms in total. The number of pyridine rings is 1. The summed E-state index contributed by atoms with van der Waals surface area (Å²) in [5, 5.41) is 6.19. The third-order valence-corrected chi connectivity index (χ3v) is 4.98. The molecule has 0 saturated heterocycles. The number of amides is 2. The number of carbonyl (C=O) groups is 1. The number of fused-ring (bicyclic) bond motifs is 2. The van der Waals surface area contributed by atoms with Gasteiger partial charge in [-0.15, -0.1) is 0 Å². The maximum Gasteiger partial charge on any atom is 0.323 e. The number of hydrogen-bond donors (Lipinski definition) is 3. The highest BCUT2D eigenvalue weighted by molar-refractivity contribution is 6.06. The van der Waals surface area contributed by atoms with Crippen LogP contribution in [-0.2, 0) is 6.50 Å². The summed E-state index contributed by atoms with van der Waals surface area (Å²) < 4.78 is 59.7. The van der Waals surface area contributed by atoms with Crippen molar-refractivity contribution >= 4 is 39.3 Å². The quantitative estimate of drug-likeness (QED) is 0.348. The van der Waals surface area contributed by atoms with Crippen LogP contribution in [0.3, 0.4) is 0 Å². The van der Waals surface area contributed by atoms with E-state index in [2.05, 4.69) is 20.6 Å². The van der Waals surface area contributed by atoms with E-state index >= 15 is 0 Å². The van der Waals surface area contributed by atoms with Gasteiger partial charge >= 0.3 is 6.03 Å². The van der Waals surface area contributed by atoms with Gasteiger partial charge in [-0.1, -0.05) is 6.07 Å². The van der Waals surface area contributed by atoms with Crippen molar-refractivity contribution in [2.75, 3.05) is 17.7 Å². The lowest BCUT2D eigenvalue weighted by atomic mass is 10.2. The lowest BCUT2D eigenvalue weighted by Gasteiger charge is -2.11. The van der Waals surface area contributed by atoms with Crippen LogP contribution in [0.25, 0.3) is 21.9 Å². The molecular formula is C24H20FN5O2. The van der Waals surface area contributed by atoms with Gasteiger partial charge in [0.15, 0.2) is 0 Å². The number of hydrogen-bond acceptors (Lipinski definition) is 3. The molecule has 0 spiro atoms. The summed E-state index contributed by atoms with van der Waals surface area (Å²) in [4.78, 5) is 19.9. The van der Waals surface area contributed by atoms with Crippen LogP contribution in [-0.4, -0.2) is 27.6 Å². The summed E-state index contributed by atoms with van der Waals surface area (Å²) in [5.41, 5.74) is 1.57. The summed E-state index contributed by atoms with van der Waals surface area (Å²) in [5.74, 6) is -0.913. The topological polar surface area (TPSA) is 84.0 Å². The zero-order chi connectivity index (χ0) is 26.4. The highest BCUT2D eigenvalue weighted by Gasteiger charge is 2.12. The fourth-order valence-electron chi connectivity index (χ4n) is 3.49. The number of carbonyl (C=O) groups excluding carboxylic acids is 1. The van der Waals surface area contributed by atoms with Gasteiger partial charge in [0.05, 0.1) is 30.8 Å². The van der Waals surface area contributed by atoms with Crippen LogP contribution in [0, 0.1) is 5.82 Å². The monoisotopic (exact) mass is 434 g/mol. The fourth-order valence-corrected chi connectivity index (χ4v) is 3.49. The normalized spacial score (nSPS) is 14.2. The second kappa shape index (κ2) is 8.07. The zero-order valence-electron chi connectivity index (χ0n) is 21.5.